The number of rotatable bonds is 13. The summed E-state index contributed by atoms with van der Waals surface area (Å²) in [6.07, 6.45) is 2.58. The molecule has 0 unspecified atom stereocenters. The summed E-state index contributed by atoms with van der Waals surface area (Å²) < 4.78 is 5.37. The molecule has 0 heterocycles. The summed E-state index contributed by atoms with van der Waals surface area (Å²) in [5.41, 5.74) is 0.525. The van der Waals surface area contributed by atoms with E-state index in [0.29, 0.717) is 30.9 Å². The Bertz CT molecular complexity index is 813. The van der Waals surface area contributed by atoms with E-state index in [9.17, 15) is 34.5 Å². The number of carbonyl (C=O) groups is 4. The van der Waals surface area contributed by atoms with Gasteiger partial charge in [0.1, 0.15) is 5.75 Å². The van der Waals surface area contributed by atoms with Gasteiger partial charge in [0.25, 0.3) is 0 Å². The second kappa shape index (κ2) is 12.8. The van der Waals surface area contributed by atoms with Crippen LogP contribution >= 0.6 is 0 Å². The zero-order valence-electron chi connectivity index (χ0n) is 18.6. The first-order valence-corrected chi connectivity index (χ1v) is 10.9. The van der Waals surface area contributed by atoms with Crippen molar-refractivity contribution in [3.63, 3.8) is 0 Å². The van der Waals surface area contributed by atoms with Crippen molar-refractivity contribution in [2.45, 2.75) is 44.7 Å². The highest BCUT2D eigenvalue weighted by Gasteiger charge is 2.37. The Labute approximate surface area is 191 Å². The third-order valence-corrected chi connectivity index (χ3v) is 5.44. The molecule has 1 saturated carbocycles. The average Bonchev–Trinajstić information content (AvgIpc) is 2.73. The van der Waals surface area contributed by atoms with Gasteiger partial charge in [0.05, 0.1) is 32.8 Å². The molecule has 182 valence electrons. The average molecular weight is 466 g/mol. The van der Waals surface area contributed by atoms with Crippen molar-refractivity contribution in [2.24, 2.45) is 0 Å². The minimum absolute atomic E-state index is 0.228. The fraction of sp³-hybridized carbons (Fsp3) is 0.545. The van der Waals surface area contributed by atoms with Crippen LogP contribution in [-0.2, 0) is 19.2 Å². The molecule has 0 aliphatic heterocycles. The highest BCUT2D eigenvalue weighted by atomic mass is 16.5. The van der Waals surface area contributed by atoms with Crippen molar-refractivity contribution in [1.29, 1.82) is 0 Å². The third kappa shape index (κ3) is 8.70. The number of amides is 1. The number of carbonyl (C=O) groups excluding carboxylic acids is 1. The maximum Gasteiger partial charge on any atom is 0.317 e. The van der Waals surface area contributed by atoms with Gasteiger partial charge in [-0.2, -0.15) is 0 Å². The summed E-state index contributed by atoms with van der Waals surface area (Å²) >= 11 is 0. The maximum absolute atomic E-state index is 12.7. The number of benzene rings is 1. The van der Waals surface area contributed by atoms with Crippen LogP contribution in [0.4, 0.5) is 5.69 Å². The summed E-state index contributed by atoms with van der Waals surface area (Å²) in [5.74, 6) is -3.23. The van der Waals surface area contributed by atoms with Crippen molar-refractivity contribution >= 4 is 29.5 Å². The molecule has 0 spiro atoms. The predicted molar refractivity (Wildman–Crippen MR) is 118 cm³/mol. The summed E-state index contributed by atoms with van der Waals surface area (Å²) in [5, 5.41) is 30.6. The minimum atomic E-state index is -1.17. The Hall–Kier alpha value is -3.18. The monoisotopic (exact) mass is 465 g/mol. The molecular weight excluding hydrogens is 434 g/mol. The van der Waals surface area contributed by atoms with E-state index in [1.807, 2.05) is 6.92 Å². The number of nitrogens with zero attached hydrogens (tertiary/aromatic N) is 2. The molecule has 1 aliphatic carbocycles. The van der Waals surface area contributed by atoms with Crippen LogP contribution in [0.25, 0.3) is 0 Å². The van der Waals surface area contributed by atoms with E-state index in [-0.39, 0.29) is 6.54 Å². The Morgan fingerprint density at radius 3 is 1.73 bits per heavy atom. The first-order chi connectivity index (χ1) is 15.7. The Balaban J connectivity index is 2.17. The van der Waals surface area contributed by atoms with E-state index < -0.39 is 55.5 Å². The molecule has 1 fully saturated rings. The molecule has 4 N–H and O–H groups in total. The molecule has 11 nitrogen and oxygen atoms in total. The number of anilines is 1. The summed E-state index contributed by atoms with van der Waals surface area (Å²) in [4.78, 5) is 49.7. The van der Waals surface area contributed by atoms with Gasteiger partial charge >= 0.3 is 17.9 Å². The molecule has 0 aromatic heterocycles. The fourth-order valence-electron chi connectivity index (χ4n) is 4.23. The summed E-state index contributed by atoms with van der Waals surface area (Å²) in [6.45, 7) is 0.762. The first-order valence-electron chi connectivity index (χ1n) is 10.9. The normalized spacial score (nSPS) is 18.2. The standard InChI is InChI=1S/C22H31N3O8/c1-2-33-16-9-7-15(8-10-16)23-19(26)11-24(12-20(27)28)17-5-3-4-6-18(17)25(13-21(29)30)14-22(31)32/h7-10,17-18H,2-6,11-14H2,1H3,(H,23,26)(H,27,28)(H,29,30)(H,31,32)/t17-,18-/m0/s1. The van der Waals surface area contributed by atoms with Crippen LogP contribution in [0, 0.1) is 0 Å². The lowest BCUT2D eigenvalue weighted by Crippen LogP contribution is -2.57. The molecule has 11 heteroatoms. The molecule has 1 aromatic rings. The topological polar surface area (TPSA) is 157 Å². The Morgan fingerprint density at radius 1 is 0.848 bits per heavy atom. The van der Waals surface area contributed by atoms with Crippen molar-refractivity contribution in [3.05, 3.63) is 24.3 Å². The number of aliphatic carboxylic acids is 3. The second-order valence-electron chi connectivity index (χ2n) is 7.92. The lowest BCUT2D eigenvalue weighted by atomic mass is 9.87. The zero-order valence-corrected chi connectivity index (χ0v) is 18.6. The Kier molecular flexibility index (Phi) is 10.1. The van der Waals surface area contributed by atoms with Crippen LogP contribution < -0.4 is 10.1 Å². The smallest absolute Gasteiger partial charge is 0.317 e. The molecule has 33 heavy (non-hydrogen) atoms. The number of hydrogen-bond donors (Lipinski definition) is 4. The van der Waals surface area contributed by atoms with Crippen LogP contribution in [0.1, 0.15) is 32.6 Å². The largest absolute Gasteiger partial charge is 0.494 e. The van der Waals surface area contributed by atoms with Crippen LogP contribution in [0.5, 0.6) is 5.75 Å². The SMILES string of the molecule is CCOc1ccc(NC(=O)CN(CC(=O)O)[C@H]2CCCC[C@@H]2N(CC(=O)O)CC(=O)O)cc1. The molecule has 0 radical (unpaired) electrons. The number of ether oxygens (including phenoxy) is 1. The summed E-state index contributed by atoms with van der Waals surface area (Å²) in [7, 11) is 0. The van der Waals surface area contributed by atoms with E-state index in [2.05, 4.69) is 5.32 Å². The molecular formula is C22H31N3O8. The number of hydrogen-bond acceptors (Lipinski definition) is 7. The molecule has 2 atom stereocenters. The quantitative estimate of drug-likeness (QED) is 0.334. The predicted octanol–water partition coefficient (Wildman–Crippen LogP) is 1.19. The molecule has 1 amide bonds. The van der Waals surface area contributed by atoms with Gasteiger partial charge in [0, 0.05) is 17.8 Å². The van der Waals surface area contributed by atoms with Crippen LogP contribution in [0.3, 0.4) is 0 Å². The molecule has 0 bridgehead atoms. The Morgan fingerprint density at radius 2 is 1.30 bits per heavy atom. The minimum Gasteiger partial charge on any atom is -0.494 e. The van der Waals surface area contributed by atoms with Gasteiger partial charge in [-0.05, 0) is 44.0 Å². The lowest BCUT2D eigenvalue weighted by Gasteiger charge is -2.43. The van der Waals surface area contributed by atoms with Crippen LogP contribution in [-0.4, -0.2) is 93.8 Å². The van der Waals surface area contributed by atoms with Crippen molar-refractivity contribution in [1.82, 2.24) is 9.80 Å². The van der Waals surface area contributed by atoms with E-state index in [4.69, 9.17) is 4.74 Å². The van der Waals surface area contributed by atoms with E-state index in [1.54, 1.807) is 24.3 Å². The van der Waals surface area contributed by atoms with Gasteiger partial charge < -0.3 is 25.4 Å². The molecule has 0 saturated heterocycles. The summed E-state index contributed by atoms with van der Waals surface area (Å²) in [6, 6.07) is 5.80. The van der Waals surface area contributed by atoms with Crippen molar-refractivity contribution in [3.8, 4) is 5.75 Å². The van der Waals surface area contributed by atoms with Gasteiger partial charge in [0.2, 0.25) is 5.91 Å². The van der Waals surface area contributed by atoms with E-state index >= 15 is 0 Å². The molecule has 1 aliphatic rings. The van der Waals surface area contributed by atoms with Gasteiger partial charge in [-0.1, -0.05) is 12.8 Å². The molecule has 2 rings (SSSR count). The van der Waals surface area contributed by atoms with Crippen LogP contribution in [0.2, 0.25) is 0 Å². The van der Waals surface area contributed by atoms with Gasteiger partial charge in [-0.25, -0.2) is 0 Å². The van der Waals surface area contributed by atoms with Gasteiger partial charge in [-0.3, -0.25) is 29.0 Å². The van der Waals surface area contributed by atoms with E-state index in [1.165, 1.54) is 9.80 Å². The first kappa shape index (κ1) is 26.1. The maximum atomic E-state index is 12.7. The zero-order chi connectivity index (χ0) is 24.4. The van der Waals surface area contributed by atoms with Gasteiger partial charge in [0.15, 0.2) is 0 Å². The number of nitrogens with one attached hydrogen (secondary N) is 1. The highest BCUT2D eigenvalue weighted by molar-refractivity contribution is 5.92. The second-order valence-corrected chi connectivity index (χ2v) is 7.92. The third-order valence-electron chi connectivity index (χ3n) is 5.44. The van der Waals surface area contributed by atoms with Crippen molar-refractivity contribution in [2.75, 3.05) is 38.1 Å². The lowest BCUT2D eigenvalue weighted by molar-refractivity contribution is -0.146. The number of carboxylic acids is 3. The number of carboxylic acid groups (broad SMARTS) is 3. The van der Waals surface area contributed by atoms with Crippen molar-refractivity contribution < 1.29 is 39.2 Å². The van der Waals surface area contributed by atoms with Crippen LogP contribution in [0.15, 0.2) is 24.3 Å². The molecule has 1 aromatic carbocycles. The highest BCUT2D eigenvalue weighted by Crippen LogP contribution is 2.27. The van der Waals surface area contributed by atoms with Gasteiger partial charge in [-0.15, -0.1) is 0 Å². The fourth-order valence-corrected chi connectivity index (χ4v) is 4.23. The van der Waals surface area contributed by atoms with E-state index in [0.717, 1.165) is 12.8 Å².